The molecule has 0 saturated heterocycles. The number of anilines is 2. The van der Waals surface area contributed by atoms with Crippen LogP contribution >= 0.6 is 0 Å². The Kier molecular flexibility index (Phi) is 4.85. The number of ether oxygens (including phenoxy) is 3. The highest BCUT2D eigenvalue weighted by molar-refractivity contribution is 5.95. The lowest BCUT2D eigenvalue weighted by molar-refractivity contribution is 0.378. The van der Waals surface area contributed by atoms with Crippen molar-refractivity contribution in [1.82, 2.24) is 4.98 Å². The third-order valence-corrected chi connectivity index (χ3v) is 4.57. The Morgan fingerprint density at radius 3 is 2.54 bits per heavy atom. The van der Waals surface area contributed by atoms with Gasteiger partial charge in [-0.05, 0) is 43.3 Å². The van der Waals surface area contributed by atoms with Crippen molar-refractivity contribution in [3.63, 3.8) is 0 Å². The summed E-state index contributed by atoms with van der Waals surface area (Å²) in [5, 5.41) is 0. The molecule has 2 heterocycles. The van der Waals surface area contributed by atoms with E-state index in [1.54, 1.807) is 20.4 Å². The zero-order valence-electron chi connectivity index (χ0n) is 16.0. The van der Waals surface area contributed by atoms with Crippen LogP contribution in [0.15, 0.2) is 59.7 Å². The van der Waals surface area contributed by atoms with E-state index >= 15 is 0 Å². The van der Waals surface area contributed by atoms with Crippen LogP contribution in [0.4, 0.5) is 11.4 Å². The minimum Gasteiger partial charge on any atom is -0.496 e. The molecule has 28 heavy (non-hydrogen) atoms. The maximum absolute atomic E-state index is 5.95. The number of hydrogen-bond donors (Lipinski definition) is 0. The van der Waals surface area contributed by atoms with Gasteiger partial charge in [0.1, 0.15) is 18.2 Å². The Balaban J connectivity index is 1.67. The molecule has 142 valence electrons. The van der Waals surface area contributed by atoms with Gasteiger partial charge >= 0.3 is 0 Å². The number of benzene rings is 2. The summed E-state index contributed by atoms with van der Waals surface area (Å²) >= 11 is 0. The fourth-order valence-electron chi connectivity index (χ4n) is 3.14. The molecule has 6 heteroatoms. The standard InChI is InChI=1S/C22H21N3O3/c1-15-7-9-17(12-24-15)28-21-10-8-16(11-22(21)27-3)25-14-23-13-18-19(25)5-4-6-20(18)26-2/h4-13H,14H2,1-3H3. The first-order chi connectivity index (χ1) is 13.7. The first kappa shape index (κ1) is 17.9. The third-order valence-electron chi connectivity index (χ3n) is 4.57. The number of pyridine rings is 1. The predicted octanol–water partition coefficient (Wildman–Crippen LogP) is 4.73. The average Bonchev–Trinajstić information content (AvgIpc) is 2.74. The van der Waals surface area contributed by atoms with Gasteiger partial charge in [0, 0.05) is 23.7 Å². The highest BCUT2D eigenvalue weighted by atomic mass is 16.5. The molecule has 0 saturated carbocycles. The molecule has 0 aliphatic carbocycles. The Labute approximate surface area is 164 Å². The van der Waals surface area contributed by atoms with Crippen LogP contribution < -0.4 is 19.1 Å². The van der Waals surface area contributed by atoms with E-state index in [1.807, 2.05) is 55.6 Å². The normalized spacial score (nSPS) is 12.5. The predicted molar refractivity (Wildman–Crippen MR) is 110 cm³/mol. The molecule has 0 unspecified atom stereocenters. The van der Waals surface area contributed by atoms with E-state index in [2.05, 4.69) is 20.9 Å². The zero-order chi connectivity index (χ0) is 19.5. The van der Waals surface area contributed by atoms with Gasteiger partial charge in [-0.15, -0.1) is 0 Å². The fraction of sp³-hybridized carbons (Fsp3) is 0.182. The first-order valence-corrected chi connectivity index (χ1v) is 8.92. The Bertz CT molecular complexity index is 1020. The molecular weight excluding hydrogens is 354 g/mol. The summed E-state index contributed by atoms with van der Waals surface area (Å²) in [7, 11) is 3.29. The number of methoxy groups -OCH3 is 2. The quantitative estimate of drug-likeness (QED) is 0.645. The zero-order valence-corrected chi connectivity index (χ0v) is 16.0. The Hall–Kier alpha value is -3.54. The topological polar surface area (TPSA) is 56.2 Å². The minimum atomic E-state index is 0.519. The summed E-state index contributed by atoms with van der Waals surface area (Å²) in [5.41, 5.74) is 3.89. The molecule has 0 fully saturated rings. The van der Waals surface area contributed by atoms with Gasteiger partial charge in [0.2, 0.25) is 0 Å². The average molecular weight is 375 g/mol. The van der Waals surface area contributed by atoms with E-state index in [-0.39, 0.29) is 0 Å². The van der Waals surface area contributed by atoms with Crippen molar-refractivity contribution in [3.05, 3.63) is 66.0 Å². The van der Waals surface area contributed by atoms with Crippen molar-refractivity contribution in [2.24, 2.45) is 4.99 Å². The molecule has 1 aliphatic heterocycles. The number of hydrogen-bond acceptors (Lipinski definition) is 6. The van der Waals surface area contributed by atoms with Gasteiger partial charge in [0.15, 0.2) is 11.5 Å². The van der Waals surface area contributed by atoms with E-state index in [9.17, 15) is 0 Å². The van der Waals surface area contributed by atoms with E-state index in [0.29, 0.717) is 23.9 Å². The third kappa shape index (κ3) is 3.36. The second-order valence-corrected chi connectivity index (χ2v) is 6.35. The van der Waals surface area contributed by atoms with E-state index in [1.165, 1.54) is 0 Å². The van der Waals surface area contributed by atoms with Gasteiger partial charge in [-0.1, -0.05) is 6.07 Å². The van der Waals surface area contributed by atoms with E-state index in [0.717, 1.165) is 28.4 Å². The number of aryl methyl sites for hydroxylation is 1. The molecule has 1 aliphatic rings. The van der Waals surface area contributed by atoms with E-state index < -0.39 is 0 Å². The molecule has 4 rings (SSSR count). The van der Waals surface area contributed by atoms with Crippen molar-refractivity contribution in [3.8, 4) is 23.0 Å². The second kappa shape index (κ2) is 7.60. The Morgan fingerprint density at radius 2 is 1.79 bits per heavy atom. The minimum absolute atomic E-state index is 0.519. The SMILES string of the molecule is COc1cc(N2CN=Cc3c(OC)cccc32)ccc1Oc1ccc(C)nc1. The molecule has 2 aromatic carbocycles. The van der Waals surface area contributed by atoms with Crippen LogP contribution in [0.1, 0.15) is 11.3 Å². The van der Waals surface area contributed by atoms with Gasteiger partial charge in [-0.2, -0.15) is 0 Å². The molecule has 0 bridgehead atoms. The van der Waals surface area contributed by atoms with Crippen molar-refractivity contribution in [2.75, 3.05) is 25.8 Å². The van der Waals surface area contributed by atoms with Crippen molar-refractivity contribution in [1.29, 1.82) is 0 Å². The van der Waals surface area contributed by atoms with Crippen LogP contribution in [0.2, 0.25) is 0 Å². The maximum Gasteiger partial charge on any atom is 0.169 e. The summed E-state index contributed by atoms with van der Waals surface area (Å²) in [6.45, 7) is 2.46. The van der Waals surface area contributed by atoms with Crippen LogP contribution in [-0.4, -0.2) is 32.1 Å². The lowest BCUT2D eigenvalue weighted by Gasteiger charge is -2.28. The maximum atomic E-state index is 5.95. The largest absolute Gasteiger partial charge is 0.496 e. The van der Waals surface area contributed by atoms with Crippen LogP contribution in [0.3, 0.4) is 0 Å². The summed E-state index contributed by atoms with van der Waals surface area (Å²) in [6, 6.07) is 15.6. The summed E-state index contributed by atoms with van der Waals surface area (Å²) < 4.78 is 17.0. The van der Waals surface area contributed by atoms with Crippen molar-refractivity contribution >= 4 is 17.6 Å². The summed E-state index contributed by atoms with van der Waals surface area (Å²) in [5.74, 6) is 2.72. The molecule has 0 atom stereocenters. The molecule has 6 nitrogen and oxygen atoms in total. The molecule has 0 N–H and O–H groups in total. The van der Waals surface area contributed by atoms with Crippen molar-refractivity contribution in [2.45, 2.75) is 6.92 Å². The molecular formula is C22H21N3O3. The van der Waals surface area contributed by atoms with Crippen molar-refractivity contribution < 1.29 is 14.2 Å². The van der Waals surface area contributed by atoms with E-state index in [4.69, 9.17) is 14.2 Å². The fourth-order valence-corrected chi connectivity index (χ4v) is 3.14. The van der Waals surface area contributed by atoms with Gasteiger partial charge in [0.25, 0.3) is 0 Å². The highest BCUT2D eigenvalue weighted by Gasteiger charge is 2.20. The number of nitrogens with zero attached hydrogens (tertiary/aromatic N) is 3. The molecule has 0 amide bonds. The number of aliphatic imine (C=N–C) groups is 1. The van der Waals surface area contributed by atoms with Gasteiger partial charge in [-0.3, -0.25) is 9.98 Å². The molecule has 1 aromatic heterocycles. The van der Waals surface area contributed by atoms with Crippen LogP contribution in [-0.2, 0) is 0 Å². The summed E-state index contributed by atoms with van der Waals surface area (Å²) in [4.78, 5) is 10.8. The van der Waals surface area contributed by atoms with Gasteiger partial charge in [-0.25, -0.2) is 0 Å². The van der Waals surface area contributed by atoms with Gasteiger partial charge < -0.3 is 19.1 Å². The van der Waals surface area contributed by atoms with Crippen LogP contribution in [0.5, 0.6) is 23.0 Å². The Morgan fingerprint density at radius 1 is 0.929 bits per heavy atom. The number of aromatic nitrogens is 1. The first-order valence-electron chi connectivity index (χ1n) is 8.92. The molecule has 3 aromatic rings. The molecule has 0 radical (unpaired) electrons. The smallest absolute Gasteiger partial charge is 0.169 e. The van der Waals surface area contributed by atoms with Crippen LogP contribution in [0, 0.1) is 6.92 Å². The lowest BCUT2D eigenvalue weighted by Crippen LogP contribution is -2.22. The molecule has 0 spiro atoms. The lowest BCUT2D eigenvalue weighted by atomic mass is 10.1. The second-order valence-electron chi connectivity index (χ2n) is 6.35. The van der Waals surface area contributed by atoms with Gasteiger partial charge in [0.05, 0.1) is 31.7 Å². The van der Waals surface area contributed by atoms with Crippen LogP contribution in [0.25, 0.3) is 0 Å². The number of rotatable bonds is 5. The number of fused-ring (bicyclic) bond motifs is 1. The summed E-state index contributed by atoms with van der Waals surface area (Å²) in [6.07, 6.45) is 3.55. The monoisotopic (exact) mass is 375 g/mol. The highest BCUT2D eigenvalue weighted by Crippen LogP contribution is 2.39.